The van der Waals surface area contributed by atoms with E-state index < -0.39 is 61.0 Å². The summed E-state index contributed by atoms with van der Waals surface area (Å²) >= 11 is 5.28. The van der Waals surface area contributed by atoms with E-state index in [0.717, 1.165) is 6.92 Å². The van der Waals surface area contributed by atoms with Crippen LogP contribution in [0.1, 0.15) is 19.8 Å². The first-order valence-electron chi connectivity index (χ1n) is 5.88. The van der Waals surface area contributed by atoms with Gasteiger partial charge in [0, 0.05) is 12.8 Å². The molecule has 0 aromatic carbocycles. The van der Waals surface area contributed by atoms with E-state index >= 15 is 0 Å². The molecule has 0 saturated heterocycles. The van der Waals surface area contributed by atoms with Crippen molar-refractivity contribution in [2.45, 2.75) is 44.3 Å². The van der Waals surface area contributed by atoms with Gasteiger partial charge in [0.1, 0.15) is 18.0 Å². The minimum Gasteiger partial charge on any atom is -0.455 e. The summed E-state index contributed by atoms with van der Waals surface area (Å²) in [6, 6.07) is 0. The Balaban J connectivity index is 4.94. The maximum atomic E-state index is 12.1. The molecule has 0 aliphatic rings. The summed E-state index contributed by atoms with van der Waals surface area (Å²) in [4.78, 5) is 32.3. The van der Waals surface area contributed by atoms with Crippen molar-refractivity contribution in [2.24, 2.45) is 0 Å². The van der Waals surface area contributed by atoms with Crippen molar-refractivity contribution in [1.29, 1.82) is 0 Å². The molecule has 0 aliphatic carbocycles. The van der Waals surface area contributed by atoms with Crippen molar-refractivity contribution in [1.82, 2.24) is 0 Å². The van der Waals surface area contributed by atoms with E-state index in [9.17, 15) is 40.7 Å². The lowest BCUT2D eigenvalue weighted by atomic mass is 10.1. The molecule has 0 spiro atoms. The molecule has 12 heteroatoms. The lowest BCUT2D eigenvalue weighted by molar-refractivity contribution is -0.210. The molecule has 0 amide bonds. The molecule has 0 aromatic heterocycles. The average Bonchev–Trinajstić information content (AvgIpc) is 2.34. The summed E-state index contributed by atoms with van der Waals surface area (Å²) in [5.41, 5.74) is 0. The van der Waals surface area contributed by atoms with Gasteiger partial charge in [0.15, 0.2) is 0 Å². The Morgan fingerprint density at radius 3 is 1.61 bits per heavy atom. The van der Waals surface area contributed by atoms with Gasteiger partial charge >= 0.3 is 24.3 Å². The minimum atomic E-state index is -5.35. The molecular weight excluding hydrogens is 362 g/mol. The number of alkyl halides is 7. The fraction of sp³-hybridized carbons (Fsp3) is 0.727. The number of halogens is 7. The monoisotopic (exact) mass is 372 g/mol. The molecule has 0 aromatic rings. The maximum Gasteiger partial charge on any atom is 0.490 e. The third-order valence-corrected chi connectivity index (χ3v) is 2.57. The van der Waals surface area contributed by atoms with Gasteiger partial charge in [0.05, 0.1) is 5.88 Å². The van der Waals surface area contributed by atoms with Crippen LogP contribution in [0.3, 0.4) is 0 Å². The number of esters is 2. The molecule has 0 unspecified atom stereocenters. The van der Waals surface area contributed by atoms with E-state index in [4.69, 9.17) is 11.6 Å². The summed E-state index contributed by atoms with van der Waals surface area (Å²) in [5, 5.41) is 0. The van der Waals surface area contributed by atoms with E-state index in [0.29, 0.717) is 0 Å². The summed E-state index contributed by atoms with van der Waals surface area (Å²) in [7, 11) is 0. The first-order chi connectivity index (χ1) is 10.3. The molecule has 0 heterocycles. The normalized spacial score (nSPS) is 14.8. The van der Waals surface area contributed by atoms with Crippen molar-refractivity contribution in [3.05, 3.63) is 0 Å². The lowest BCUT2D eigenvalue weighted by Gasteiger charge is -2.22. The molecule has 134 valence electrons. The number of rotatable bonds is 7. The Bertz CT molecular complexity index is 447. The van der Waals surface area contributed by atoms with Crippen LogP contribution >= 0.6 is 11.6 Å². The standard InChI is InChI=1S/C11H11ClF6O5/c1-5(19)2-6(22-8(20)10(13,14)15)3-7(4-12)23-9(21)11(16,17)18/h6-7H,2-4H2,1H3/t6-,7+/m1/s1. The van der Waals surface area contributed by atoms with Crippen LogP contribution in [0.4, 0.5) is 26.3 Å². The summed E-state index contributed by atoms with van der Waals surface area (Å²) in [5.74, 6) is -6.63. The second-order valence-electron chi connectivity index (χ2n) is 4.35. The van der Waals surface area contributed by atoms with Crippen molar-refractivity contribution in [3.8, 4) is 0 Å². The lowest BCUT2D eigenvalue weighted by Crippen LogP contribution is -2.36. The molecule has 0 fully saturated rings. The van der Waals surface area contributed by atoms with Crippen LogP contribution in [0.25, 0.3) is 0 Å². The second kappa shape index (κ2) is 8.37. The highest BCUT2D eigenvalue weighted by molar-refractivity contribution is 6.18. The molecule has 5 nitrogen and oxygen atoms in total. The largest absolute Gasteiger partial charge is 0.490 e. The average molecular weight is 373 g/mol. The Hall–Kier alpha value is -1.52. The fourth-order valence-electron chi connectivity index (χ4n) is 1.37. The van der Waals surface area contributed by atoms with Crippen LogP contribution in [-0.4, -0.2) is 48.2 Å². The highest BCUT2D eigenvalue weighted by atomic mass is 35.5. The fourth-order valence-corrected chi connectivity index (χ4v) is 1.55. The zero-order valence-corrected chi connectivity index (χ0v) is 12.2. The number of hydrogen-bond acceptors (Lipinski definition) is 5. The summed E-state index contributed by atoms with van der Waals surface area (Å²) in [6.07, 6.45) is -15.6. The first kappa shape index (κ1) is 21.5. The zero-order chi connectivity index (χ0) is 18.4. The summed E-state index contributed by atoms with van der Waals surface area (Å²) < 4.78 is 80.5. The molecule has 2 atom stereocenters. The first-order valence-corrected chi connectivity index (χ1v) is 6.41. The number of carbonyl (C=O) groups is 3. The topological polar surface area (TPSA) is 69.7 Å². The van der Waals surface area contributed by atoms with Crippen LogP contribution < -0.4 is 0 Å². The van der Waals surface area contributed by atoms with Crippen LogP contribution in [-0.2, 0) is 23.9 Å². The van der Waals surface area contributed by atoms with Crippen molar-refractivity contribution in [2.75, 3.05) is 5.88 Å². The minimum absolute atomic E-state index is 0.694. The van der Waals surface area contributed by atoms with Crippen LogP contribution in [0, 0.1) is 0 Å². The molecule has 0 rings (SSSR count). The molecule has 0 bridgehead atoms. The quantitative estimate of drug-likeness (QED) is 0.390. The van der Waals surface area contributed by atoms with Gasteiger partial charge in [-0.15, -0.1) is 11.6 Å². The van der Waals surface area contributed by atoms with Crippen LogP contribution in [0.2, 0.25) is 0 Å². The van der Waals surface area contributed by atoms with Gasteiger partial charge in [-0.25, -0.2) is 9.59 Å². The number of Topliss-reactive ketones (excluding diaryl/α,β-unsaturated/α-hetero) is 1. The molecule has 23 heavy (non-hydrogen) atoms. The van der Waals surface area contributed by atoms with E-state index in [1.165, 1.54) is 0 Å². The van der Waals surface area contributed by atoms with Crippen LogP contribution in [0.15, 0.2) is 0 Å². The van der Waals surface area contributed by atoms with Crippen molar-refractivity contribution >= 4 is 29.3 Å². The van der Waals surface area contributed by atoms with Gasteiger partial charge < -0.3 is 9.47 Å². The third kappa shape index (κ3) is 8.62. The van der Waals surface area contributed by atoms with Gasteiger partial charge in [-0.2, -0.15) is 26.3 Å². The SMILES string of the molecule is CC(=O)C[C@H](C[C@@H](CCl)OC(=O)C(F)(F)F)OC(=O)C(F)(F)F. The Morgan fingerprint density at radius 2 is 1.30 bits per heavy atom. The summed E-state index contributed by atoms with van der Waals surface area (Å²) in [6.45, 7) is 0.964. The highest BCUT2D eigenvalue weighted by Gasteiger charge is 2.44. The number of carbonyl (C=O) groups excluding carboxylic acids is 3. The van der Waals surface area contributed by atoms with E-state index in [1.807, 2.05) is 0 Å². The van der Waals surface area contributed by atoms with Crippen molar-refractivity contribution in [3.63, 3.8) is 0 Å². The smallest absolute Gasteiger partial charge is 0.455 e. The van der Waals surface area contributed by atoms with Gasteiger partial charge in [-0.3, -0.25) is 4.79 Å². The van der Waals surface area contributed by atoms with E-state index in [2.05, 4.69) is 9.47 Å². The predicted octanol–water partition coefficient (Wildman–Crippen LogP) is 2.54. The zero-order valence-electron chi connectivity index (χ0n) is 11.5. The highest BCUT2D eigenvalue weighted by Crippen LogP contribution is 2.23. The van der Waals surface area contributed by atoms with Gasteiger partial charge in [0.2, 0.25) is 0 Å². The Labute approximate surface area is 130 Å². The van der Waals surface area contributed by atoms with E-state index in [1.54, 1.807) is 0 Å². The van der Waals surface area contributed by atoms with Gasteiger partial charge in [0.25, 0.3) is 0 Å². The number of ether oxygens (including phenoxy) is 2. The number of hydrogen-bond donors (Lipinski definition) is 0. The third-order valence-electron chi connectivity index (χ3n) is 2.22. The number of ketones is 1. The molecular formula is C11H11ClF6O5. The predicted molar refractivity (Wildman–Crippen MR) is 62.5 cm³/mol. The Kier molecular flexibility index (Phi) is 7.81. The maximum absolute atomic E-state index is 12.1. The molecule has 0 N–H and O–H groups in total. The molecule has 0 radical (unpaired) electrons. The van der Waals surface area contributed by atoms with Gasteiger partial charge in [-0.05, 0) is 6.92 Å². The van der Waals surface area contributed by atoms with Gasteiger partial charge in [-0.1, -0.05) is 0 Å². The van der Waals surface area contributed by atoms with Crippen molar-refractivity contribution < 1.29 is 50.2 Å². The molecule has 0 saturated carbocycles. The van der Waals surface area contributed by atoms with Crippen LogP contribution in [0.5, 0.6) is 0 Å². The second-order valence-corrected chi connectivity index (χ2v) is 4.65. The molecule has 0 aliphatic heterocycles. The van der Waals surface area contributed by atoms with E-state index in [-0.39, 0.29) is 0 Å². The Morgan fingerprint density at radius 1 is 0.913 bits per heavy atom.